The summed E-state index contributed by atoms with van der Waals surface area (Å²) in [6.45, 7) is 3.93. The zero-order valence-corrected chi connectivity index (χ0v) is 11.1. The molecule has 0 spiro atoms. The third-order valence-corrected chi connectivity index (χ3v) is 3.35. The summed E-state index contributed by atoms with van der Waals surface area (Å²) in [5, 5.41) is 11.4. The molecule has 0 aliphatic rings. The maximum absolute atomic E-state index is 10.9. The van der Waals surface area contributed by atoms with Crippen LogP contribution in [0, 0.1) is 16.0 Å². The number of nitro groups is 1. The molecule has 0 saturated heterocycles. The topological polar surface area (TPSA) is 69.2 Å². The van der Waals surface area contributed by atoms with E-state index in [0.29, 0.717) is 17.0 Å². The summed E-state index contributed by atoms with van der Waals surface area (Å²) in [5.41, 5.74) is 6.39. The van der Waals surface area contributed by atoms with Gasteiger partial charge in [-0.25, -0.2) is 0 Å². The molecule has 0 aliphatic carbocycles. The van der Waals surface area contributed by atoms with Crippen LogP contribution in [-0.4, -0.2) is 11.0 Å². The third kappa shape index (κ3) is 3.56. The minimum Gasteiger partial charge on any atom is -0.327 e. The van der Waals surface area contributed by atoms with E-state index in [4.69, 9.17) is 28.9 Å². The fraction of sp³-hybridized carbons (Fsp3) is 0.455. The van der Waals surface area contributed by atoms with Crippen molar-refractivity contribution in [1.82, 2.24) is 0 Å². The van der Waals surface area contributed by atoms with Gasteiger partial charge in [-0.3, -0.25) is 10.1 Å². The molecule has 0 aliphatic heterocycles. The lowest BCUT2D eigenvalue weighted by Crippen LogP contribution is -2.29. The van der Waals surface area contributed by atoms with Crippen molar-refractivity contribution >= 4 is 28.9 Å². The van der Waals surface area contributed by atoms with Crippen molar-refractivity contribution in [3.63, 3.8) is 0 Å². The van der Waals surface area contributed by atoms with Gasteiger partial charge in [-0.2, -0.15) is 0 Å². The van der Waals surface area contributed by atoms with Gasteiger partial charge in [0.1, 0.15) is 0 Å². The summed E-state index contributed by atoms with van der Waals surface area (Å²) in [6.07, 6.45) is 0.408. The number of nitrogens with zero attached hydrogens (tertiary/aromatic N) is 1. The highest BCUT2D eigenvalue weighted by atomic mass is 35.5. The zero-order chi connectivity index (χ0) is 13.2. The molecule has 1 aromatic rings. The number of nitrogens with two attached hydrogens (primary N) is 1. The van der Waals surface area contributed by atoms with Crippen LogP contribution in [0.15, 0.2) is 12.1 Å². The molecule has 0 aromatic heterocycles. The Labute approximate surface area is 110 Å². The molecule has 0 fully saturated rings. The molecule has 0 heterocycles. The van der Waals surface area contributed by atoms with Crippen LogP contribution in [-0.2, 0) is 6.42 Å². The second kappa shape index (κ2) is 5.67. The van der Waals surface area contributed by atoms with E-state index < -0.39 is 4.92 Å². The molecule has 17 heavy (non-hydrogen) atoms. The Kier molecular flexibility index (Phi) is 4.74. The van der Waals surface area contributed by atoms with Crippen LogP contribution in [0.5, 0.6) is 0 Å². The zero-order valence-electron chi connectivity index (χ0n) is 9.61. The first kappa shape index (κ1) is 14.2. The minimum atomic E-state index is -0.468. The highest BCUT2D eigenvalue weighted by Gasteiger charge is 2.20. The number of rotatable bonds is 4. The Balaban J connectivity index is 3.13. The van der Waals surface area contributed by atoms with Crippen molar-refractivity contribution in [2.24, 2.45) is 11.7 Å². The highest BCUT2D eigenvalue weighted by Crippen LogP contribution is 2.31. The second-order valence-electron chi connectivity index (χ2n) is 4.26. The number of hydrogen-bond acceptors (Lipinski definition) is 3. The Bertz CT molecular complexity index is 436. The number of halogens is 2. The lowest BCUT2D eigenvalue weighted by Gasteiger charge is -2.15. The fourth-order valence-corrected chi connectivity index (χ4v) is 1.74. The van der Waals surface area contributed by atoms with Gasteiger partial charge in [-0.05, 0) is 18.4 Å². The van der Waals surface area contributed by atoms with Crippen molar-refractivity contribution < 1.29 is 4.92 Å². The quantitative estimate of drug-likeness (QED) is 0.677. The Hall–Kier alpha value is -0.840. The van der Waals surface area contributed by atoms with E-state index >= 15 is 0 Å². The van der Waals surface area contributed by atoms with Gasteiger partial charge in [-0.1, -0.05) is 37.0 Å². The maximum Gasteiger partial charge on any atom is 0.274 e. The van der Waals surface area contributed by atoms with Gasteiger partial charge in [0, 0.05) is 17.7 Å². The molecule has 6 heteroatoms. The Morgan fingerprint density at radius 1 is 1.35 bits per heavy atom. The standard InChI is InChI=1S/C11H14Cl2N2O2/c1-6(2)10(14)4-7-3-8(12)9(13)5-11(7)15(16)17/h3,5-6,10H,4,14H2,1-2H3. The molecule has 0 bridgehead atoms. The van der Waals surface area contributed by atoms with E-state index in [-0.39, 0.29) is 22.7 Å². The number of hydrogen-bond donors (Lipinski definition) is 1. The van der Waals surface area contributed by atoms with E-state index in [1.807, 2.05) is 13.8 Å². The average molecular weight is 277 g/mol. The van der Waals surface area contributed by atoms with Crippen LogP contribution in [0.1, 0.15) is 19.4 Å². The van der Waals surface area contributed by atoms with Crippen LogP contribution < -0.4 is 5.73 Å². The molecule has 0 saturated carbocycles. The summed E-state index contributed by atoms with van der Waals surface area (Å²) in [6, 6.07) is 2.64. The van der Waals surface area contributed by atoms with Gasteiger partial charge in [0.15, 0.2) is 0 Å². The summed E-state index contributed by atoms with van der Waals surface area (Å²) in [5.74, 6) is 0.240. The van der Waals surface area contributed by atoms with Crippen LogP contribution in [0.25, 0.3) is 0 Å². The van der Waals surface area contributed by atoms with E-state index in [0.717, 1.165) is 0 Å². The van der Waals surface area contributed by atoms with Gasteiger partial charge >= 0.3 is 0 Å². The average Bonchev–Trinajstić information content (AvgIpc) is 2.22. The normalized spacial score (nSPS) is 12.8. The largest absolute Gasteiger partial charge is 0.327 e. The second-order valence-corrected chi connectivity index (χ2v) is 5.08. The van der Waals surface area contributed by atoms with Gasteiger partial charge in [0.2, 0.25) is 0 Å². The predicted molar refractivity (Wildman–Crippen MR) is 69.6 cm³/mol. The molecule has 94 valence electrons. The van der Waals surface area contributed by atoms with E-state index in [9.17, 15) is 10.1 Å². The summed E-state index contributed by atoms with van der Waals surface area (Å²) < 4.78 is 0. The summed E-state index contributed by atoms with van der Waals surface area (Å²) in [4.78, 5) is 10.4. The Morgan fingerprint density at radius 2 is 1.88 bits per heavy atom. The van der Waals surface area contributed by atoms with E-state index in [1.165, 1.54) is 12.1 Å². The molecule has 1 aromatic carbocycles. The van der Waals surface area contributed by atoms with E-state index in [1.54, 1.807) is 0 Å². The van der Waals surface area contributed by atoms with Gasteiger partial charge in [-0.15, -0.1) is 0 Å². The van der Waals surface area contributed by atoms with Crippen molar-refractivity contribution in [1.29, 1.82) is 0 Å². The molecule has 4 nitrogen and oxygen atoms in total. The molecule has 1 rings (SSSR count). The number of nitro benzene ring substituents is 1. The smallest absolute Gasteiger partial charge is 0.274 e. The van der Waals surface area contributed by atoms with Crippen molar-refractivity contribution in [3.8, 4) is 0 Å². The first-order valence-electron chi connectivity index (χ1n) is 5.20. The lowest BCUT2D eigenvalue weighted by molar-refractivity contribution is -0.385. The molecule has 0 amide bonds. The van der Waals surface area contributed by atoms with Crippen LogP contribution in [0.3, 0.4) is 0 Å². The van der Waals surface area contributed by atoms with Crippen molar-refractivity contribution in [2.45, 2.75) is 26.3 Å². The molecular weight excluding hydrogens is 263 g/mol. The summed E-state index contributed by atoms with van der Waals surface area (Å²) in [7, 11) is 0. The van der Waals surface area contributed by atoms with Crippen molar-refractivity contribution in [3.05, 3.63) is 37.9 Å². The van der Waals surface area contributed by atoms with Gasteiger partial charge < -0.3 is 5.73 Å². The SMILES string of the molecule is CC(C)C(N)Cc1cc(Cl)c(Cl)cc1[N+](=O)[O-]. The molecule has 0 radical (unpaired) electrons. The van der Waals surface area contributed by atoms with E-state index in [2.05, 4.69) is 0 Å². The highest BCUT2D eigenvalue weighted by molar-refractivity contribution is 6.42. The lowest BCUT2D eigenvalue weighted by atomic mass is 9.96. The van der Waals surface area contributed by atoms with Crippen LogP contribution in [0.2, 0.25) is 10.0 Å². The Morgan fingerprint density at radius 3 is 2.35 bits per heavy atom. The molecule has 1 unspecified atom stereocenters. The number of benzene rings is 1. The summed E-state index contributed by atoms with van der Waals surface area (Å²) >= 11 is 11.6. The third-order valence-electron chi connectivity index (χ3n) is 2.63. The minimum absolute atomic E-state index is 0.0319. The predicted octanol–water partition coefficient (Wildman–Crippen LogP) is 3.43. The van der Waals surface area contributed by atoms with Crippen LogP contribution >= 0.6 is 23.2 Å². The molecular formula is C11H14Cl2N2O2. The molecule has 1 atom stereocenters. The van der Waals surface area contributed by atoms with Gasteiger partial charge in [0.25, 0.3) is 5.69 Å². The maximum atomic E-state index is 10.9. The van der Waals surface area contributed by atoms with Crippen LogP contribution in [0.4, 0.5) is 5.69 Å². The monoisotopic (exact) mass is 276 g/mol. The van der Waals surface area contributed by atoms with Crippen molar-refractivity contribution in [2.75, 3.05) is 0 Å². The molecule has 2 N–H and O–H groups in total. The fourth-order valence-electron chi connectivity index (χ4n) is 1.40. The first-order valence-corrected chi connectivity index (χ1v) is 5.96. The van der Waals surface area contributed by atoms with Gasteiger partial charge in [0.05, 0.1) is 15.0 Å². The first-order chi connectivity index (χ1) is 7.82.